The number of nitrogens with zero attached hydrogens (tertiary/aromatic N) is 4. The van der Waals surface area contributed by atoms with Crippen molar-refractivity contribution in [3.63, 3.8) is 0 Å². The van der Waals surface area contributed by atoms with Gasteiger partial charge in [-0.25, -0.2) is 9.37 Å². The number of hydrogen-bond donors (Lipinski definition) is 1. The maximum absolute atomic E-state index is 14.1. The van der Waals surface area contributed by atoms with Gasteiger partial charge in [-0.3, -0.25) is 5.01 Å². The third-order valence-electron chi connectivity index (χ3n) is 4.98. The van der Waals surface area contributed by atoms with Crippen molar-refractivity contribution in [2.75, 3.05) is 6.61 Å². The van der Waals surface area contributed by atoms with E-state index in [1.54, 1.807) is 24.4 Å². The molecule has 0 radical (unpaired) electrons. The Morgan fingerprint density at radius 2 is 2.00 bits per heavy atom. The van der Waals surface area contributed by atoms with Crippen LogP contribution in [0.4, 0.5) is 4.39 Å². The highest BCUT2D eigenvalue weighted by Crippen LogP contribution is 2.26. The Kier molecular flexibility index (Phi) is 4.95. The van der Waals surface area contributed by atoms with Gasteiger partial charge in [0.05, 0.1) is 37.2 Å². The van der Waals surface area contributed by atoms with E-state index in [2.05, 4.69) is 20.2 Å². The van der Waals surface area contributed by atoms with Gasteiger partial charge in [0.2, 0.25) is 0 Å². The molecule has 0 saturated heterocycles. The van der Waals surface area contributed by atoms with E-state index in [1.165, 1.54) is 6.07 Å². The van der Waals surface area contributed by atoms with Crippen LogP contribution in [0, 0.1) is 5.82 Å². The minimum Gasteiger partial charge on any atom is -0.494 e. The Bertz CT molecular complexity index is 1230. The summed E-state index contributed by atoms with van der Waals surface area (Å²) in [4.78, 5) is 7.68. The standard InChI is InChI=1S/C23H20FN5O2/c1-2-30-16-9-7-15(8-10-16)20-11-17(31-28-20)13-29-14-22-21(12-25-29)26-23(27-22)18-5-3-4-6-19(18)24/h3-12H,2,13-14H2,1H3,(H,26,27). The van der Waals surface area contributed by atoms with Gasteiger partial charge in [0, 0.05) is 11.6 Å². The summed E-state index contributed by atoms with van der Waals surface area (Å²) in [5.41, 5.74) is 3.72. The number of imidazole rings is 1. The van der Waals surface area contributed by atoms with Crippen LogP contribution in [0.3, 0.4) is 0 Å². The molecule has 1 N–H and O–H groups in total. The average Bonchev–Trinajstić information content (AvgIpc) is 3.42. The van der Waals surface area contributed by atoms with Gasteiger partial charge in [-0.1, -0.05) is 17.3 Å². The molecule has 2 aromatic carbocycles. The number of halogens is 1. The van der Waals surface area contributed by atoms with Crippen LogP contribution in [0.5, 0.6) is 5.75 Å². The Hall–Kier alpha value is -3.94. The first kappa shape index (κ1) is 19.0. The van der Waals surface area contributed by atoms with E-state index in [1.807, 2.05) is 42.3 Å². The van der Waals surface area contributed by atoms with Crippen LogP contribution in [0.1, 0.15) is 24.1 Å². The number of ether oxygens (including phenoxy) is 1. The van der Waals surface area contributed by atoms with Crippen molar-refractivity contribution in [2.45, 2.75) is 20.0 Å². The lowest BCUT2D eigenvalue weighted by Crippen LogP contribution is -2.21. The SMILES string of the molecule is CCOc1ccc(-c2cc(CN3Cc4[nH]c(-c5ccccc5F)nc4C=N3)on2)cc1. The number of aromatic amines is 1. The highest BCUT2D eigenvalue weighted by molar-refractivity contribution is 5.80. The fourth-order valence-corrected chi connectivity index (χ4v) is 3.48. The van der Waals surface area contributed by atoms with Crippen LogP contribution in [-0.2, 0) is 13.1 Å². The van der Waals surface area contributed by atoms with Gasteiger partial charge in [-0.2, -0.15) is 5.10 Å². The van der Waals surface area contributed by atoms with Crippen molar-refractivity contribution >= 4 is 6.21 Å². The summed E-state index contributed by atoms with van der Waals surface area (Å²) in [6.45, 7) is 3.54. The van der Waals surface area contributed by atoms with Crippen molar-refractivity contribution in [3.05, 3.63) is 77.6 Å². The summed E-state index contributed by atoms with van der Waals surface area (Å²) in [6.07, 6.45) is 1.67. The Morgan fingerprint density at radius 1 is 1.16 bits per heavy atom. The average molecular weight is 417 g/mol. The fraction of sp³-hybridized carbons (Fsp3) is 0.174. The zero-order valence-corrected chi connectivity index (χ0v) is 16.9. The van der Waals surface area contributed by atoms with Crippen LogP contribution in [0.2, 0.25) is 0 Å². The van der Waals surface area contributed by atoms with Crippen LogP contribution in [0.15, 0.2) is 64.2 Å². The summed E-state index contributed by atoms with van der Waals surface area (Å²) in [5, 5.41) is 10.4. The van der Waals surface area contributed by atoms with Crippen molar-refractivity contribution in [3.8, 4) is 28.4 Å². The van der Waals surface area contributed by atoms with E-state index in [9.17, 15) is 4.39 Å². The van der Waals surface area contributed by atoms with Gasteiger partial charge in [-0.15, -0.1) is 0 Å². The number of rotatable bonds is 6. The van der Waals surface area contributed by atoms with Gasteiger partial charge in [0.15, 0.2) is 5.76 Å². The first-order valence-electron chi connectivity index (χ1n) is 10.0. The Labute approximate surface area is 178 Å². The van der Waals surface area contributed by atoms with Crippen LogP contribution in [0.25, 0.3) is 22.6 Å². The second-order valence-corrected chi connectivity index (χ2v) is 7.13. The van der Waals surface area contributed by atoms with E-state index in [-0.39, 0.29) is 5.82 Å². The molecule has 2 aromatic heterocycles. The topological polar surface area (TPSA) is 79.5 Å². The molecule has 1 aliphatic heterocycles. The number of fused-ring (bicyclic) bond motifs is 1. The molecule has 7 nitrogen and oxygen atoms in total. The monoisotopic (exact) mass is 417 g/mol. The first-order valence-corrected chi connectivity index (χ1v) is 10.0. The minimum absolute atomic E-state index is 0.314. The molecular formula is C23H20FN5O2. The third-order valence-corrected chi connectivity index (χ3v) is 4.98. The number of benzene rings is 2. The maximum atomic E-state index is 14.1. The predicted molar refractivity (Wildman–Crippen MR) is 114 cm³/mol. The lowest BCUT2D eigenvalue weighted by Gasteiger charge is -2.19. The third kappa shape index (κ3) is 3.92. The molecule has 0 amide bonds. The van der Waals surface area contributed by atoms with Crippen molar-refractivity contribution in [1.29, 1.82) is 0 Å². The molecule has 3 heterocycles. The molecule has 0 unspecified atom stereocenters. The second kappa shape index (κ2) is 8.06. The number of nitrogens with one attached hydrogen (secondary N) is 1. The number of H-pyrrole nitrogens is 1. The van der Waals surface area contributed by atoms with E-state index in [0.717, 1.165) is 22.7 Å². The van der Waals surface area contributed by atoms with E-state index in [0.29, 0.717) is 42.5 Å². The van der Waals surface area contributed by atoms with Gasteiger partial charge in [0.25, 0.3) is 0 Å². The molecule has 0 spiro atoms. The van der Waals surface area contributed by atoms with Crippen LogP contribution < -0.4 is 4.74 Å². The molecule has 0 saturated carbocycles. The molecular weight excluding hydrogens is 397 g/mol. The molecule has 31 heavy (non-hydrogen) atoms. The lowest BCUT2D eigenvalue weighted by atomic mass is 10.1. The molecule has 0 aliphatic carbocycles. The number of hydrazone groups is 1. The van der Waals surface area contributed by atoms with Gasteiger partial charge in [0.1, 0.15) is 28.8 Å². The van der Waals surface area contributed by atoms with Gasteiger partial charge < -0.3 is 14.2 Å². The molecule has 5 rings (SSSR count). The number of aromatic nitrogens is 3. The predicted octanol–water partition coefficient (Wildman–Crippen LogP) is 4.62. The van der Waals surface area contributed by atoms with Gasteiger partial charge in [-0.05, 0) is 43.3 Å². The molecule has 156 valence electrons. The minimum atomic E-state index is -0.314. The van der Waals surface area contributed by atoms with E-state index >= 15 is 0 Å². The first-order chi connectivity index (χ1) is 15.2. The molecule has 0 bridgehead atoms. The molecule has 0 atom stereocenters. The van der Waals surface area contributed by atoms with E-state index in [4.69, 9.17) is 9.26 Å². The summed E-state index contributed by atoms with van der Waals surface area (Å²) >= 11 is 0. The quantitative estimate of drug-likeness (QED) is 0.495. The van der Waals surface area contributed by atoms with Gasteiger partial charge >= 0.3 is 0 Å². The largest absolute Gasteiger partial charge is 0.494 e. The summed E-state index contributed by atoms with van der Waals surface area (Å²) < 4.78 is 25.1. The molecule has 4 aromatic rings. The smallest absolute Gasteiger partial charge is 0.158 e. The highest BCUT2D eigenvalue weighted by Gasteiger charge is 2.20. The van der Waals surface area contributed by atoms with Crippen LogP contribution >= 0.6 is 0 Å². The lowest BCUT2D eigenvalue weighted by molar-refractivity contribution is 0.229. The zero-order valence-electron chi connectivity index (χ0n) is 16.9. The summed E-state index contributed by atoms with van der Waals surface area (Å²) in [6, 6.07) is 16.2. The summed E-state index contributed by atoms with van der Waals surface area (Å²) in [5.74, 6) is 1.70. The van der Waals surface area contributed by atoms with Crippen molar-refractivity contribution in [1.82, 2.24) is 20.1 Å². The Balaban J connectivity index is 1.28. The van der Waals surface area contributed by atoms with Crippen LogP contribution in [-0.4, -0.2) is 33.0 Å². The molecule has 0 fully saturated rings. The molecule has 1 aliphatic rings. The maximum Gasteiger partial charge on any atom is 0.158 e. The molecule has 8 heteroatoms. The number of hydrogen-bond acceptors (Lipinski definition) is 6. The fourth-order valence-electron chi connectivity index (χ4n) is 3.48. The zero-order chi connectivity index (χ0) is 21.2. The van der Waals surface area contributed by atoms with Crippen molar-refractivity contribution in [2.24, 2.45) is 5.10 Å². The Morgan fingerprint density at radius 3 is 2.81 bits per heavy atom. The van der Waals surface area contributed by atoms with Crippen molar-refractivity contribution < 1.29 is 13.7 Å². The van der Waals surface area contributed by atoms with E-state index < -0.39 is 0 Å². The normalized spacial score (nSPS) is 12.8. The second-order valence-electron chi connectivity index (χ2n) is 7.13. The highest BCUT2D eigenvalue weighted by atomic mass is 19.1. The summed E-state index contributed by atoms with van der Waals surface area (Å²) in [7, 11) is 0.